The van der Waals surface area contributed by atoms with E-state index in [-0.39, 0.29) is 16.3 Å². The molecule has 1 heterocycles. The molecule has 0 aliphatic heterocycles. The van der Waals surface area contributed by atoms with Crippen molar-refractivity contribution in [3.05, 3.63) is 52.7 Å². The Labute approximate surface area is 136 Å². The smallest absolute Gasteiger partial charge is 0.271 e. The lowest BCUT2D eigenvalue weighted by molar-refractivity contribution is -0.385. The van der Waals surface area contributed by atoms with Crippen LogP contribution < -0.4 is 9.46 Å². The van der Waals surface area contributed by atoms with E-state index in [2.05, 4.69) is 14.9 Å². The van der Waals surface area contributed by atoms with Crippen LogP contribution in [0.2, 0.25) is 0 Å². The lowest BCUT2D eigenvalue weighted by Crippen LogP contribution is -2.14. The molecule has 0 saturated heterocycles. The minimum absolute atomic E-state index is 0.00992. The zero-order valence-corrected chi connectivity index (χ0v) is 13.2. The Bertz CT molecular complexity index is 1030. The quantitative estimate of drug-likeness (QED) is 0.538. The number of fused-ring (bicyclic) bond motifs is 1. The second-order valence-corrected chi connectivity index (χ2v) is 6.52. The average Bonchev–Trinajstić information content (AvgIpc) is 3.01. The third kappa shape index (κ3) is 2.86. The maximum Gasteiger partial charge on any atom is 0.271 e. The number of benzene rings is 2. The molecule has 3 aromatic rings. The van der Waals surface area contributed by atoms with Gasteiger partial charge in [0.25, 0.3) is 15.7 Å². The first-order valence-corrected chi connectivity index (χ1v) is 8.17. The highest BCUT2D eigenvalue weighted by Crippen LogP contribution is 2.30. The van der Waals surface area contributed by atoms with Gasteiger partial charge in [-0.15, -0.1) is 0 Å². The van der Waals surface area contributed by atoms with E-state index in [1.54, 1.807) is 24.4 Å². The van der Waals surface area contributed by atoms with Crippen LogP contribution in [0.3, 0.4) is 0 Å². The Hall–Kier alpha value is -3.14. The van der Waals surface area contributed by atoms with E-state index >= 15 is 0 Å². The number of non-ortho nitro benzene ring substituents is 1. The first-order valence-electron chi connectivity index (χ1n) is 6.69. The number of rotatable bonds is 5. The number of aromatic nitrogens is 2. The summed E-state index contributed by atoms with van der Waals surface area (Å²) in [6, 6.07) is 8.21. The number of nitro groups is 1. The molecule has 0 saturated carbocycles. The minimum Gasteiger partial charge on any atom is -0.495 e. The standard InChI is InChI=1S/C14H12N4O5S/c1-23-13-5-4-11(18(19)20)7-14(13)24(21,22)17-10-3-2-9-8-15-16-12(9)6-10/h2-8,17H,1H3,(H,15,16). The Morgan fingerprint density at radius 1 is 1.25 bits per heavy atom. The Morgan fingerprint density at radius 2 is 2.04 bits per heavy atom. The molecule has 1 aromatic heterocycles. The van der Waals surface area contributed by atoms with Crippen LogP contribution in [0.15, 0.2) is 47.5 Å². The molecule has 24 heavy (non-hydrogen) atoms. The van der Waals surface area contributed by atoms with Crippen LogP contribution in [0.25, 0.3) is 10.9 Å². The molecule has 0 radical (unpaired) electrons. The summed E-state index contributed by atoms with van der Waals surface area (Å²) >= 11 is 0. The molecule has 0 spiro atoms. The van der Waals surface area contributed by atoms with Crippen molar-refractivity contribution < 1.29 is 18.1 Å². The van der Waals surface area contributed by atoms with E-state index in [0.717, 1.165) is 11.5 Å². The van der Waals surface area contributed by atoms with Crippen molar-refractivity contribution in [1.29, 1.82) is 0 Å². The second kappa shape index (κ2) is 5.81. The Balaban J connectivity index is 2.03. The summed E-state index contributed by atoms with van der Waals surface area (Å²) in [5, 5.41) is 18.3. The van der Waals surface area contributed by atoms with E-state index < -0.39 is 14.9 Å². The number of H-pyrrole nitrogens is 1. The van der Waals surface area contributed by atoms with Crippen LogP contribution in [0.1, 0.15) is 0 Å². The molecule has 0 aliphatic carbocycles. The summed E-state index contributed by atoms with van der Waals surface area (Å²) in [5.41, 5.74) is 0.599. The number of anilines is 1. The van der Waals surface area contributed by atoms with Gasteiger partial charge in [0, 0.05) is 17.5 Å². The zero-order valence-electron chi connectivity index (χ0n) is 12.4. The number of nitrogens with one attached hydrogen (secondary N) is 2. The van der Waals surface area contributed by atoms with Gasteiger partial charge in [0.1, 0.15) is 10.6 Å². The third-order valence-electron chi connectivity index (χ3n) is 3.34. The number of nitro benzene ring substituents is 1. The summed E-state index contributed by atoms with van der Waals surface area (Å²) < 4.78 is 32.6. The van der Waals surface area contributed by atoms with Gasteiger partial charge in [0.2, 0.25) is 0 Å². The lowest BCUT2D eigenvalue weighted by Gasteiger charge is -2.11. The first kappa shape index (κ1) is 15.7. The summed E-state index contributed by atoms with van der Waals surface area (Å²) in [5.74, 6) is 0.00992. The topological polar surface area (TPSA) is 127 Å². The normalized spacial score (nSPS) is 11.4. The molecule has 0 bridgehead atoms. The Morgan fingerprint density at radius 3 is 2.75 bits per heavy atom. The fourth-order valence-electron chi connectivity index (χ4n) is 2.20. The zero-order chi connectivity index (χ0) is 17.3. The Kier molecular flexibility index (Phi) is 3.81. The maximum absolute atomic E-state index is 12.6. The van der Waals surface area contributed by atoms with Crippen molar-refractivity contribution in [3.8, 4) is 5.75 Å². The van der Waals surface area contributed by atoms with E-state index in [1.807, 2.05) is 0 Å². The maximum atomic E-state index is 12.6. The van der Waals surface area contributed by atoms with Crippen molar-refractivity contribution >= 4 is 32.3 Å². The number of hydrogen-bond acceptors (Lipinski definition) is 6. The van der Waals surface area contributed by atoms with Crippen LogP contribution in [-0.4, -0.2) is 30.6 Å². The molecule has 2 N–H and O–H groups in total. The monoisotopic (exact) mass is 348 g/mol. The molecule has 0 amide bonds. The van der Waals surface area contributed by atoms with E-state index in [0.29, 0.717) is 11.2 Å². The molecule has 0 aliphatic rings. The highest BCUT2D eigenvalue weighted by Gasteiger charge is 2.23. The van der Waals surface area contributed by atoms with Gasteiger partial charge in [0.05, 0.1) is 29.4 Å². The van der Waals surface area contributed by atoms with Crippen LogP contribution in [0.5, 0.6) is 5.75 Å². The largest absolute Gasteiger partial charge is 0.495 e. The van der Waals surface area contributed by atoms with E-state index in [1.165, 1.54) is 19.2 Å². The van der Waals surface area contributed by atoms with Gasteiger partial charge in [-0.3, -0.25) is 19.9 Å². The molecule has 3 rings (SSSR count). The van der Waals surface area contributed by atoms with Gasteiger partial charge >= 0.3 is 0 Å². The fraction of sp³-hybridized carbons (Fsp3) is 0.0714. The number of nitrogens with zero attached hydrogens (tertiary/aromatic N) is 2. The van der Waals surface area contributed by atoms with Crippen molar-refractivity contribution in [1.82, 2.24) is 10.2 Å². The number of methoxy groups -OCH3 is 1. The minimum atomic E-state index is -4.08. The van der Waals surface area contributed by atoms with Crippen LogP contribution >= 0.6 is 0 Å². The van der Waals surface area contributed by atoms with Crippen LogP contribution in [0, 0.1) is 10.1 Å². The van der Waals surface area contributed by atoms with Gasteiger partial charge in [-0.2, -0.15) is 5.10 Å². The van der Waals surface area contributed by atoms with Gasteiger partial charge < -0.3 is 4.74 Å². The lowest BCUT2D eigenvalue weighted by atomic mass is 10.2. The molecule has 0 unspecified atom stereocenters. The average molecular weight is 348 g/mol. The molecule has 0 atom stereocenters. The fourth-order valence-corrected chi connectivity index (χ4v) is 3.44. The number of aromatic amines is 1. The number of sulfonamides is 1. The summed E-state index contributed by atoms with van der Waals surface area (Å²) in [4.78, 5) is 9.91. The highest BCUT2D eigenvalue weighted by molar-refractivity contribution is 7.92. The summed E-state index contributed by atoms with van der Waals surface area (Å²) in [7, 11) is -2.79. The molecule has 0 fully saturated rings. The van der Waals surface area contributed by atoms with Crippen molar-refractivity contribution in [2.75, 3.05) is 11.8 Å². The molecular weight excluding hydrogens is 336 g/mol. The molecule has 9 nitrogen and oxygen atoms in total. The van der Waals surface area contributed by atoms with Crippen molar-refractivity contribution in [3.63, 3.8) is 0 Å². The molecule has 10 heteroatoms. The summed E-state index contributed by atoms with van der Waals surface area (Å²) in [6.07, 6.45) is 1.61. The van der Waals surface area contributed by atoms with E-state index in [9.17, 15) is 18.5 Å². The molecule has 2 aromatic carbocycles. The SMILES string of the molecule is COc1ccc([N+](=O)[O-])cc1S(=O)(=O)Nc1ccc2cn[nH]c2c1. The number of ether oxygens (including phenoxy) is 1. The van der Waals surface area contributed by atoms with Crippen LogP contribution in [-0.2, 0) is 10.0 Å². The van der Waals surface area contributed by atoms with Gasteiger partial charge in [0.15, 0.2) is 0 Å². The molecule has 124 valence electrons. The highest BCUT2D eigenvalue weighted by atomic mass is 32.2. The van der Waals surface area contributed by atoms with Gasteiger partial charge in [-0.25, -0.2) is 8.42 Å². The van der Waals surface area contributed by atoms with Crippen molar-refractivity contribution in [2.45, 2.75) is 4.90 Å². The second-order valence-electron chi connectivity index (χ2n) is 4.87. The molecular formula is C14H12N4O5S. The first-order chi connectivity index (χ1) is 11.4. The van der Waals surface area contributed by atoms with Crippen molar-refractivity contribution in [2.24, 2.45) is 0 Å². The van der Waals surface area contributed by atoms with E-state index in [4.69, 9.17) is 4.74 Å². The number of hydrogen-bond donors (Lipinski definition) is 2. The summed E-state index contributed by atoms with van der Waals surface area (Å²) in [6.45, 7) is 0. The van der Waals surface area contributed by atoms with Gasteiger partial charge in [-0.1, -0.05) is 0 Å². The predicted molar refractivity (Wildman–Crippen MR) is 86.6 cm³/mol. The van der Waals surface area contributed by atoms with Gasteiger partial charge in [-0.05, 0) is 24.3 Å². The van der Waals surface area contributed by atoms with Crippen LogP contribution in [0.4, 0.5) is 11.4 Å². The predicted octanol–water partition coefficient (Wildman–Crippen LogP) is 2.28. The third-order valence-corrected chi connectivity index (χ3v) is 4.74.